The van der Waals surface area contributed by atoms with Crippen molar-refractivity contribution in [3.63, 3.8) is 0 Å². The molecule has 7 heteroatoms. The third kappa shape index (κ3) is 3.23. The fraction of sp³-hybridized carbons (Fsp3) is 0.214. The standard InChI is InChI=1S/C14H13IN2O4/c1-9-12(15)8-16(14(18)13(9)17(19)20)7-10-3-5-11(21-2)6-4-10/h3-6,8H,7H2,1-2H3. The molecule has 0 N–H and O–H groups in total. The van der Waals surface area contributed by atoms with Gasteiger partial charge in [0.05, 0.1) is 18.6 Å². The smallest absolute Gasteiger partial charge is 0.338 e. The largest absolute Gasteiger partial charge is 0.497 e. The predicted molar refractivity (Wildman–Crippen MR) is 86.9 cm³/mol. The van der Waals surface area contributed by atoms with Crippen molar-refractivity contribution in [2.75, 3.05) is 7.11 Å². The molecule has 2 aromatic rings. The van der Waals surface area contributed by atoms with Gasteiger partial charge in [0.1, 0.15) is 5.75 Å². The highest BCUT2D eigenvalue weighted by Gasteiger charge is 2.21. The Hall–Kier alpha value is -1.90. The summed E-state index contributed by atoms with van der Waals surface area (Å²) in [5.74, 6) is 0.718. The number of ether oxygens (including phenoxy) is 1. The summed E-state index contributed by atoms with van der Waals surface area (Å²) in [6, 6.07) is 7.22. The molecule has 1 aromatic heterocycles. The number of halogens is 1. The molecule has 0 saturated heterocycles. The van der Waals surface area contributed by atoms with E-state index in [2.05, 4.69) is 0 Å². The van der Waals surface area contributed by atoms with Crippen LogP contribution in [0.25, 0.3) is 0 Å². The molecule has 0 unspecified atom stereocenters. The zero-order valence-electron chi connectivity index (χ0n) is 11.5. The third-order valence-corrected chi connectivity index (χ3v) is 4.23. The van der Waals surface area contributed by atoms with Crippen LogP contribution in [0.5, 0.6) is 5.75 Å². The first-order valence-corrected chi connectivity index (χ1v) is 7.18. The van der Waals surface area contributed by atoms with E-state index in [4.69, 9.17) is 4.74 Å². The Kier molecular flexibility index (Phi) is 4.61. The lowest BCUT2D eigenvalue weighted by molar-refractivity contribution is -0.387. The number of methoxy groups -OCH3 is 1. The highest BCUT2D eigenvalue weighted by Crippen LogP contribution is 2.19. The van der Waals surface area contributed by atoms with Gasteiger partial charge < -0.3 is 9.30 Å². The lowest BCUT2D eigenvalue weighted by Crippen LogP contribution is -2.24. The van der Waals surface area contributed by atoms with Gasteiger partial charge in [-0.15, -0.1) is 0 Å². The second-order valence-corrected chi connectivity index (χ2v) is 5.65. The van der Waals surface area contributed by atoms with E-state index < -0.39 is 10.5 Å². The molecular formula is C14H13IN2O4. The minimum Gasteiger partial charge on any atom is -0.497 e. The van der Waals surface area contributed by atoms with Crippen LogP contribution in [0.3, 0.4) is 0 Å². The van der Waals surface area contributed by atoms with E-state index in [-0.39, 0.29) is 12.2 Å². The van der Waals surface area contributed by atoms with Crippen LogP contribution in [0.1, 0.15) is 11.1 Å². The number of aromatic nitrogens is 1. The van der Waals surface area contributed by atoms with E-state index in [0.717, 1.165) is 11.3 Å². The second kappa shape index (κ2) is 6.25. The number of hydrogen-bond acceptors (Lipinski definition) is 4. The lowest BCUT2D eigenvalue weighted by atomic mass is 10.2. The number of nitro groups is 1. The first-order valence-electron chi connectivity index (χ1n) is 6.11. The monoisotopic (exact) mass is 400 g/mol. The molecule has 1 aromatic carbocycles. The fourth-order valence-electron chi connectivity index (χ4n) is 1.96. The highest BCUT2D eigenvalue weighted by molar-refractivity contribution is 14.1. The Morgan fingerprint density at radius 3 is 2.48 bits per heavy atom. The van der Waals surface area contributed by atoms with Crippen molar-refractivity contribution in [1.29, 1.82) is 0 Å². The molecule has 2 rings (SSSR count). The average molecular weight is 400 g/mol. The Morgan fingerprint density at radius 1 is 1.33 bits per heavy atom. The van der Waals surface area contributed by atoms with Gasteiger partial charge in [0.15, 0.2) is 0 Å². The van der Waals surface area contributed by atoms with Gasteiger partial charge in [0.2, 0.25) is 0 Å². The summed E-state index contributed by atoms with van der Waals surface area (Å²) in [7, 11) is 1.57. The lowest BCUT2D eigenvalue weighted by Gasteiger charge is -2.09. The van der Waals surface area contributed by atoms with E-state index in [1.54, 1.807) is 32.4 Å². The van der Waals surface area contributed by atoms with Crippen LogP contribution in [0.4, 0.5) is 5.69 Å². The SMILES string of the molecule is COc1ccc(Cn2cc(I)c(C)c([N+](=O)[O-])c2=O)cc1. The van der Waals surface area contributed by atoms with E-state index in [0.29, 0.717) is 9.13 Å². The van der Waals surface area contributed by atoms with Gasteiger partial charge in [0.25, 0.3) is 0 Å². The summed E-state index contributed by atoms with van der Waals surface area (Å²) in [6.07, 6.45) is 1.63. The topological polar surface area (TPSA) is 74.4 Å². The van der Waals surface area contributed by atoms with E-state index in [1.807, 2.05) is 34.7 Å². The molecule has 0 bridgehead atoms. The molecule has 0 fully saturated rings. The van der Waals surface area contributed by atoms with Crippen LogP contribution in [0.15, 0.2) is 35.3 Å². The maximum atomic E-state index is 12.2. The second-order valence-electron chi connectivity index (χ2n) is 4.49. The third-order valence-electron chi connectivity index (χ3n) is 3.14. The zero-order chi connectivity index (χ0) is 15.6. The summed E-state index contributed by atoms with van der Waals surface area (Å²) in [6.45, 7) is 1.86. The van der Waals surface area contributed by atoms with Crippen molar-refractivity contribution in [3.8, 4) is 5.75 Å². The van der Waals surface area contributed by atoms with Crippen molar-refractivity contribution in [1.82, 2.24) is 4.57 Å². The molecule has 110 valence electrons. The summed E-state index contributed by atoms with van der Waals surface area (Å²) in [4.78, 5) is 22.6. The number of hydrogen-bond donors (Lipinski definition) is 0. The Balaban J connectivity index is 2.44. The molecule has 6 nitrogen and oxygen atoms in total. The van der Waals surface area contributed by atoms with Crippen molar-refractivity contribution in [3.05, 3.63) is 65.6 Å². The van der Waals surface area contributed by atoms with Gasteiger partial charge >= 0.3 is 11.2 Å². The molecule has 1 heterocycles. The molecule has 0 aliphatic rings. The van der Waals surface area contributed by atoms with Gasteiger partial charge in [-0.05, 0) is 47.2 Å². The highest BCUT2D eigenvalue weighted by atomic mass is 127. The number of benzene rings is 1. The number of rotatable bonds is 4. The van der Waals surface area contributed by atoms with Crippen molar-refractivity contribution >= 4 is 28.3 Å². The van der Waals surface area contributed by atoms with Gasteiger partial charge in [-0.3, -0.25) is 14.9 Å². The normalized spacial score (nSPS) is 10.4. The molecule has 0 atom stereocenters. The molecule has 0 spiro atoms. The van der Waals surface area contributed by atoms with Crippen molar-refractivity contribution < 1.29 is 9.66 Å². The predicted octanol–water partition coefficient (Wildman–Crippen LogP) is 2.73. The van der Waals surface area contributed by atoms with Crippen LogP contribution in [0, 0.1) is 20.6 Å². The molecule has 0 saturated carbocycles. The molecule has 0 amide bonds. The van der Waals surface area contributed by atoms with Crippen molar-refractivity contribution in [2.24, 2.45) is 0 Å². The summed E-state index contributed by atoms with van der Waals surface area (Å²) >= 11 is 2.00. The van der Waals surface area contributed by atoms with Crippen LogP contribution < -0.4 is 10.3 Å². The van der Waals surface area contributed by atoms with E-state index in [1.165, 1.54) is 4.57 Å². The minimum atomic E-state index is -0.621. The summed E-state index contributed by atoms with van der Waals surface area (Å²) in [5.41, 5.74) is 0.313. The van der Waals surface area contributed by atoms with Gasteiger partial charge in [0, 0.05) is 15.3 Å². The summed E-state index contributed by atoms with van der Waals surface area (Å²) < 4.78 is 7.11. The number of nitrogens with zero attached hydrogens (tertiary/aromatic N) is 2. The van der Waals surface area contributed by atoms with Crippen LogP contribution in [0.2, 0.25) is 0 Å². The van der Waals surface area contributed by atoms with Crippen molar-refractivity contribution in [2.45, 2.75) is 13.5 Å². The van der Waals surface area contributed by atoms with Gasteiger partial charge in [-0.1, -0.05) is 12.1 Å². The van der Waals surface area contributed by atoms with E-state index in [9.17, 15) is 14.9 Å². The number of pyridine rings is 1. The van der Waals surface area contributed by atoms with Gasteiger partial charge in [-0.2, -0.15) is 0 Å². The quantitative estimate of drug-likeness (QED) is 0.450. The first kappa shape index (κ1) is 15.5. The zero-order valence-corrected chi connectivity index (χ0v) is 13.7. The molecular weight excluding hydrogens is 387 g/mol. The molecule has 21 heavy (non-hydrogen) atoms. The van der Waals surface area contributed by atoms with Crippen LogP contribution >= 0.6 is 22.6 Å². The molecule has 0 aliphatic carbocycles. The first-order chi connectivity index (χ1) is 9.93. The molecule has 0 aliphatic heterocycles. The minimum absolute atomic E-state index is 0.278. The average Bonchev–Trinajstić information content (AvgIpc) is 2.45. The Labute approximate surface area is 134 Å². The van der Waals surface area contributed by atoms with Crippen LogP contribution in [-0.4, -0.2) is 16.6 Å². The van der Waals surface area contributed by atoms with Gasteiger partial charge in [-0.25, -0.2) is 0 Å². The maximum absolute atomic E-state index is 12.2. The molecule has 0 radical (unpaired) electrons. The van der Waals surface area contributed by atoms with Crippen LogP contribution in [-0.2, 0) is 6.54 Å². The Morgan fingerprint density at radius 2 is 1.95 bits per heavy atom. The Bertz CT molecular complexity index is 738. The van der Waals surface area contributed by atoms with E-state index >= 15 is 0 Å². The maximum Gasteiger partial charge on any atom is 0.338 e. The fourth-order valence-corrected chi connectivity index (χ4v) is 2.55. The summed E-state index contributed by atoms with van der Waals surface area (Å²) in [5, 5.41) is 11.1.